The van der Waals surface area contributed by atoms with Gasteiger partial charge in [0.05, 0.1) is 5.54 Å². The molecule has 3 aromatic carbocycles. The van der Waals surface area contributed by atoms with Gasteiger partial charge in [-0.1, -0.05) is 66.7 Å². The van der Waals surface area contributed by atoms with E-state index in [9.17, 15) is 14.0 Å². The molecule has 1 fully saturated rings. The van der Waals surface area contributed by atoms with E-state index >= 15 is 4.39 Å². The Kier molecular flexibility index (Phi) is 6.72. The summed E-state index contributed by atoms with van der Waals surface area (Å²) in [5, 5.41) is 1.89. The normalized spacial score (nSPS) is 19.4. The first-order valence-electron chi connectivity index (χ1n) is 14.3. The van der Waals surface area contributed by atoms with Crippen LogP contribution in [0.4, 0.5) is 8.78 Å². The van der Waals surface area contributed by atoms with Gasteiger partial charge >= 0.3 is 0 Å². The molecule has 0 saturated heterocycles. The summed E-state index contributed by atoms with van der Waals surface area (Å²) in [4.78, 5) is 29.6. The van der Waals surface area contributed by atoms with Crippen molar-refractivity contribution in [2.24, 2.45) is 0 Å². The number of benzene rings is 3. The molecule has 1 aromatic heterocycles. The summed E-state index contributed by atoms with van der Waals surface area (Å²) in [6, 6.07) is 22.0. The van der Waals surface area contributed by atoms with Gasteiger partial charge in [0.15, 0.2) is 23.0 Å². The van der Waals surface area contributed by atoms with Gasteiger partial charge in [0.25, 0.3) is 5.91 Å². The molecule has 3 heterocycles. The summed E-state index contributed by atoms with van der Waals surface area (Å²) in [5.41, 5.74) is 1.02. The van der Waals surface area contributed by atoms with E-state index in [2.05, 4.69) is 0 Å². The fourth-order valence-corrected chi connectivity index (χ4v) is 6.26. The number of aromatic nitrogens is 1. The number of hydrogen-bond acceptors (Lipinski definition) is 5. The molecule has 1 saturated carbocycles. The average Bonchev–Trinajstić information content (AvgIpc) is 3.03. The third kappa shape index (κ3) is 4.56. The fraction of sp³-hybridized carbons (Fsp3) is 0.235. The van der Waals surface area contributed by atoms with Crippen molar-refractivity contribution in [3.63, 3.8) is 0 Å². The Morgan fingerprint density at radius 1 is 0.930 bits per heavy atom. The maximum absolute atomic E-state index is 15.4. The lowest BCUT2D eigenvalue weighted by molar-refractivity contribution is 0.0253. The maximum atomic E-state index is 15.4. The van der Waals surface area contributed by atoms with Crippen molar-refractivity contribution in [2.45, 2.75) is 37.5 Å². The number of hydrogen-bond donors (Lipinski definition) is 0. The van der Waals surface area contributed by atoms with Gasteiger partial charge in [-0.3, -0.25) is 19.3 Å². The van der Waals surface area contributed by atoms with Crippen LogP contribution in [0.25, 0.3) is 0 Å². The van der Waals surface area contributed by atoms with E-state index in [4.69, 9.17) is 9.47 Å². The second-order valence-corrected chi connectivity index (χ2v) is 11.1. The van der Waals surface area contributed by atoms with E-state index in [0.717, 1.165) is 23.6 Å². The van der Waals surface area contributed by atoms with Crippen LogP contribution in [0, 0.1) is 11.6 Å². The molecular weight excluding hydrogens is 552 g/mol. The molecular formula is C34H29F2N3O4. The van der Waals surface area contributed by atoms with E-state index in [1.165, 1.54) is 12.1 Å². The Hall–Kier alpha value is -4.92. The molecule has 1 spiro atoms. The second-order valence-electron chi connectivity index (χ2n) is 11.1. The van der Waals surface area contributed by atoms with Gasteiger partial charge in [-0.05, 0) is 48.6 Å². The van der Waals surface area contributed by atoms with E-state index in [1.807, 2.05) is 71.7 Å². The lowest BCUT2D eigenvalue weighted by Crippen LogP contribution is -2.64. The minimum Gasteiger partial charge on any atom is -0.486 e. The quantitative estimate of drug-likeness (QED) is 0.289. The molecule has 2 aliphatic heterocycles. The number of fused-ring (bicyclic) bond motifs is 6. The predicted octanol–water partition coefficient (Wildman–Crippen LogP) is 5.72. The molecule has 1 amide bonds. The molecule has 3 aliphatic rings. The molecule has 4 aromatic rings. The Balaban J connectivity index is 1.47. The van der Waals surface area contributed by atoms with E-state index < -0.39 is 28.6 Å². The molecule has 1 aliphatic carbocycles. The number of rotatable bonds is 4. The topological polar surface area (TPSA) is 64.0 Å². The third-order valence-corrected chi connectivity index (χ3v) is 8.57. The van der Waals surface area contributed by atoms with Crippen molar-refractivity contribution >= 4 is 5.91 Å². The largest absolute Gasteiger partial charge is 0.486 e. The van der Waals surface area contributed by atoms with Crippen molar-refractivity contribution in [1.82, 2.24) is 9.58 Å². The highest BCUT2D eigenvalue weighted by Crippen LogP contribution is 2.45. The number of carbonyl (C=O) groups is 1. The van der Waals surface area contributed by atoms with Crippen LogP contribution in [-0.2, 0) is 6.61 Å². The van der Waals surface area contributed by atoms with Crippen molar-refractivity contribution < 1.29 is 23.0 Å². The summed E-state index contributed by atoms with van der Waals surface area (Å²) in [6.45, 7) is 0.207. The monoisotopic (exact) mass is 581 g/mol. The average molecular weight is 582 g/mol. The van der Waals surface area contributed by atoms with Crippen molar-refractivity contribution in [3.05, 3.63) is 141 Å². The molecule has 43 heavy (non-hydrogen) atoms. The van der Waals surface area contributed by atoms with Gasteiger partial charge in [-0.2, -0.15) is 4.39 Å². The summed E-state index contributed by atoms with van der Waals surface area (Å²) >= 11 is 0. The summed E-state index contributed by atoms with van der Waals surface area (Å²) in [6.07, 6.45) is 7.57. The summed E-state index contributed by atoms with van der Waals surface area (Å²) < 4.78 is 43.7. The molecule has 2 bridgehead atoms. The van der Waals surface area contributed by atoms with Crippen LogP contribution in [-0.4, -0.2) is 34.3 Å². The van der Waals surface area contributed by atoms with E-state index in [0.29, 0.717) is 18.4 Å². The van der Waals surface area contributed by atoms with Crippen molar-refractivity contribution in [1.29, 1.82) is 0 Å². The number of halogens is 2. The highest BCUT2D eigenvalue weighted by molar-refractivity contribution is 5.97. The smallest absolute Gasteiger partial charge is 0.278 e. The molecule has 9 heteroatoms. The van der Waals surface area contributed by atoms with Crippen LogP contribution in [0.1, 0.15) is 52.5 Å². The molecule has 0 N–H and O–H groups in total. The number of pyridine rings is 1. The Morgan fingerprint density at radius 2 is 1.67 bits per heavy atom. The molecule has 218 valence electrons. The van der Waals surface area contributed by atoms with E-state index in [-0.39, 0.29) is 43.0 Å². The van der Waals surface area contributed by atoms with Crippen molar-refractivity contribution in [3.8, 4) is 11.5 Å². The number of ether oxygens (including phenoxy) is 2. The molecule has 1 unspecified atom stereocenters. The first-order valence-corrected chi connectivity index (χ1v) is 14.3. The fourth-order valence-electron chi connectivity index (χ4n) is 6.26. The van der Waals surface area contributed by atoms with Crippen LogP contribution >= 0.6 is 0 Å². The zero-order valence-corrected chi connectivity index (χ0v) is 23.3. The Morgan fingerprint density at radius 3 is 2.40 bits per heavy atom. The maximum Gasteiger partial charge on any atom is 0.278 e. The minimum absolute atomic E-state index is 0.00506. The van der Waals surface area contributed by atoms with Gasteiger partial charge < -0.3 is 14.4 Å². The molecule has 7 rings (SSSR count). The lowest BCUT2D eigenvalue weighted by Gasteiger charge is -2.54. The van der Waals surface area contributed by atoms with Crippen LogP contribution in [0.15, 0.2) is 102 Å². The first-order chi connectivity index (χ1) is 21.0. The van der Waals surface area contributed by atoms with Gasteiger partial charge in [0, 0.05) is 17.8 Å². The SMILES string of the molecule is O=C1c2c(OCc3ccccc3)c(=O)ccn2N2CN1C1(/C=C/COc3c(ccc(F)c3F)C2c2ccccc2)CCC1. The van der Waals surface area contributed by atoms with Gasteiger partial charge in [-0.25, -0.2) is 4.39 Å². The van der Waals surface area contributed by atoms with Crippen LogP contribution in [0.2, 0.25) is 0 Å². The van der Waals surface area contributed by atoms with Gasteiger partial charge in [-0.15, -0.1) is 0 Å². The number of carbonyl (C=O) groups excluding carboxylic acids is 1. The van der Waals surface area contributed by atoms with Crippen LogP contribution in [0.3, 0.4) is 0 Å². The van der Waals surface area contributed by atoms with Crippen LogP contribution < -0.4 is 19.9 Å². The first kappa shape index (κ1) is 26.9. The molecule has 0 radical (unpaired) electrons. The molecule has 1 atom stereocenters. The van der Waals surface area contributed by atoms with Crippen molar-refractivity contribution in [2.75, 3.05) is 18.3 Å². The van der Waals surface area contributed by atoms with Crippen LogP contribution in [0.5, 0.6) is 11.5 Å². The minimum atomic E-state index is -1.08. The molecule has 7 nitrogen and oxygen atoms in total. The highest BCUT2D eigenvalue weighted by atomic mass is 19.2. The zero-order valence-electron chi connectivity index (χ0n) is 23.3. The lowest BCUT2D eigenvalue weighted by atomic mass is 9.74. The second kappa shape index (κ2) is 10.7. The number of nitrogens with zero attached hydrogens (tertiary/aromatic N) is 3. The Bertz CT molecular complexity index is 1770. The van der Waals surface area contributed by atoms with Gasteiger partial charge in [0.2, 0.25) is 11.2 Å². The third-order valence-electron chi connectivity index (χ3n) is 8.57. The predicted molar refractivity (Wildman–Crippen MR) is 157 cm³/mol. The Labute approximate surface area is 247 Å². The summed E-state index contributed by atoms with van der Waals surface area (Å²) in [7, 11) is 0. The van der Waals surface area contributed by atoms with E-state index in [1.54, 1.807) is 21.8 Å². The standard InChI is InChI=1S/C34H29F2N3O4/c35-26-14-13-25-29(24-11-5-2-6-12-24)39-22-37(34(16-7-17-34)18-8-20-42-31(25)28(26)36)33(41)30-32(27(40)15-19-38(30)39)43-21-23-9-3-1-4-10-23/h1-6,8-15,18-19,29H,7,16-17,20-22H2/b18-8+. The summed E-state index contributed by atoms with van der Waals surface area (Å²) in [5.74, 6) is -2.70. The van der Waals surface area contributed by atoms with Gasteiger partial charge in [0.1, 0.15) is 25.9 Å². The highest BCUT2D eigenvalue weighted by Gasteiger charge is 2.49. The zero-order chi connectivity index (χ0) is 29.6. The number of amides is 1.